The Morgan fingerprint density at radius 1 is 1.12 bits per heavy atom. The Morgan fingerprint density at radius 2 is 1.84 bits per heavy atom. The number of benzene rings is 1. The van der Waals surface area contributed by atoms with Crippen LogP contribution in [0.25, 0.3) is 0 Å². The molecule has 1 saturated heterocycles. The molecule has 5 heteroatoms. The van der Waals surface area contributed by atoms with E-state index in [-0.39, 0.29) is 23.6 Å². The fraction of sp³-hybridized carbons (Fsp3) is 0.400. The van der Waals surface area contributed by atoms with Crippen LogP contribution in [0.2, 0.25) is 0 Å². The standard InChI is InChI=1S/C20H21NO4/c1-14-11-16(22)18-19(24-14)20(12-17(23)25-18)7-9-21(10-8-20)13-15-5-3-2-4-6-15/h2-6,11H,7-10,12-13H2,1H3. The van der Waals surface area contributed by atoms with E-state index in [0.29, 0.717) is 11.5 Å². The lowest BCUT2D eigenvalue weighted by atomic mass is 9.72. The fourth-order valence-corrected chi connectivity index (χ4v) is 3.94. The van der Waals surface area contributed by atoms with E-state index in [0.717, 1.165) is 32.5 Å². The number of carbonyl (C=O) groups excluding carboxylic acids is 1. The maximum absolute atomic E-state index is 12.2. The number of hydrogen-bond donors (Lipinski definition) is 0. The van der Waals surface area contributed by atoms with Gasteiger partial charge in [-0.3, -0.25) is 14.5 Å². The van der Waals surface area contributed by atoms with Crippen LogP contribution in [0.3, 0.4) is 0 Å². The zero-order valence-corrected chi connectivity index (χ0v) is 14.3. The summed E-state index contributed by atoms with van der Waals surface area (Å²) in [6.45, 7) is 4.38. The number of fused-ring (bicyclic) bond motifs is 2. The number of esters is 1. The SMILES string of the molecule is Cc1cc(=O)c2c(o1)C1(CCN(Cc3ccccc3)CC1)CC(=O)O2. The summed E-state index contributed by atoms with van der Waals surface area (Å²) in [5, 5.41) is 0. The summed E-state index contributed by atoms with van der Waals surface area (Å²) in [7, 11) is 0. The quantitative estimate of drug-likeness (QED) is 0.788. The monoisotopic (exact) mass is 339 g/mol. The lowest BCUT2D eigenvalue weighted by Gasteiger charge is -2.42. The first kappa shape index (κ1) is 16.1. The second-order valence-corrected chi connectivity index (χ2v) is 7.07. The first-order valence-electron chi connectivity index (χ1n) is 8.68. The van der Waals surface area contributed by atoms with Gasteiger partial charge in [-0.15, -0.1) is 0 Å². The molecule has 0 amide bonds. The molecule has 25 heavy (non-hydrogen) atoms. The van der Waals surface area contributed by atoms with Crippen molar-refractivity contribution in [1.82, 2.24) is 4.90 Å². The lowest BCUT2D eigenvalue weighted by Crippen LogP contribution is -2.46. The first-order chi connectivity index (χ1) is 12.1. The van der Waals surface area contributed by atoms with E-state index in [1.165, 1.54) is 11.6 Å². The van der Waals surface area contributed by atoms with Crippen molar-refractivity contribution in [2.24, 2.45) is 0 Å². The lowest BCUT2D eigenvalue weighted by molar-refractivity contribution is -0.139. The number of likely N-dealkylation sites (tertiary alicyclic amines) is 1. The third-order valence-electron chi connectivity index (χ3n) is 5.27. The Bertz CT molecular complexity index is 848. The van der Waals surface area contributed by atoms with Crippen molar-refractivity contribution in [3.05, 3.63) is 63.7 Å². The Balaban J connectivity index is 1.58. The van der Waals surface area contributed by atoms with Gasteiger partial charge in [0.05, 0.1) is 6.42 Å². The third kappa shape index (κ3) is 3.00. The zero-order chi connectivity index (χ0) is 17.4. The number of carbonyl (C=O) groups is 1. The van der Waals surface area contributed by atoms with E-state index in [9.17, 15) is 9.59 Å². The molecule has 4 rings (SSSR count). The normalized spacial score (nSPS) is 19.5. The molecule has 2 aliphatic heterocycles. The van der Waals surface area contributed by atoms with Crippen molar-refractivity contribution in [2.75, 3.05) is 13.1 Å². The molecule has 2 aromatic rings. The van der Waals surface area contributed by atoms with Crippen LogP contribution in [-0.2, 0) is 16.8 Å². The minimum absolute atomic E-state index is 0.0957. The van der Waals surface area contributed by atoms with E-state index >= 15 is 0 Å². The molecule has 0 unspecified atom stereocenters. The van der Waals surface area contributed by atoms with Crippen LogP contribution < -0.4 is 10.2 Å². The van der Waals surface area contributed by atoms with Crippen molar-refractivity contribution < 1.29 is 13.9 Å². The second kappa shape index (κ2) is 6.15. The summed E-state index contributed by atoms with van der Waals surface area (Å²) in [4.78, 5) is 26.7. The van der Waals surface area contributed by atoms with Gasteiger partial charge in [0, 0.05) is 18.0 Å². The van der Waals surface area contributed by atoms with Crippen molar-refractivity contribution in [3.63, 3.8) is 0 Å². The van der Waals surface area contributed by atoms with Crippen molar-refractivity contribution >= 4 is 5.97 Å². The van der Waals surface area contributed by atoms with E-state index < -0.39 is 5.41 Å². The summed E-state index contributed by atoms with van der Waals surface area (Å²) < 4.78 is 11.1. The summed E-state index contributed by atoms with van der Waals surface area (Å²) >= 11 is 0. The second-order valence-electron chi connectivity index (χ2n) is 7.07. The van der Waals surface area contributed by atoms with Gasteiger partial charge in [0.1, 0.15) is 5.76 Å². The summed E-state index contributed by atoms with van der Waals surface area (Å²) in [6, 6.07) is 11.7. The van der Waals surface area contributed by atoms with Crippen LogP contribution in [-0.4, -0.2) is 24.0 Å². The highest BCUT2D eigenvalue weighted by atomic mass is 16.5. The van der Waals surface area contributed by atoms with Crippen LogP contribution >= 0.6 is 0 Å². The molecule has 0 atom stereocenters. The number of nitrogens with zero attached hydrogens (tertiary/aromatic N) is 1. The first-order valence-corrected chi connectivity index (χ1v) is 8.68. The molecule has 2 aliphatic rings. The smallest absolute Gasteiger partial charge is 0.312 e. The van der Waals surface area contributed by atoms with Gasteiger partial charge in [-0.2, -0.15) is 0 Å². The van der Waals surface area contributed by atoms with Gasteiger partial charge in [0.25, 0.3) is 0 Å². The molecule has 0 radical (unpaired) electrons. The number of piperidine rings is 1. The van der Waals surface area contributed by atoms with Crippen LogP contribution in [0, 0.1) is 6.92 Å². The molecule has 1 aromatic carbocycles. The molecular weight excluding hydrogens is 318 g/mol. The van der Waals surface area contributed by atoms with Crippen molar-refractivity contribution in [1.29, 1.82) is 0 Å². The van der Waals surface area contributed by atoms with E-state index in [4.69, 9.17) is 9.15 Å². The molecule has 1 aromatic heterocycles. The molecule has 130 valence electrons. The van der Waals surface area contributed by atoms with Gasteiger partial charge in [0.2, 0.25) is 11.2 Å². The highest BCUT2D eigenvalue weighted by molar-refractivity contribution is 5.77. The minimum Gasteiger partial charge on any atom is -0.462 e. The number of ether oxygens (including phenoxy) is 1. The van der Waals surface area contributed by atoms with Gasteiger partial charge in [-0.25, -0.2) is 0 Å². The average Bonchev–Trinajstić information content (AvgIpc) is 2.59. The molecule has 3 heterocycles. The Morgan fingerprint density at radius 3 is 2.56 bits per heavy atom. The Labute approximate surface area is 146 Å². The zero-order valence-electron chi connectivity index (χ0n) is 14.3. The molecule has 0 N–H and O–H groups in total. The molecular formula is C20H21NO4. The largest absolute Gasteiger partial charge is 0.462 e. The van der Waals surface area contributed by atoms with E-state index in [1.807, 2.05) is 18.2 Å². The van der Waals surface area contributed by atoms with Gasteiger partial charge in [-0.1, -0.05) is 30.3 Å². The van der Waals surface area contributed by atoms with E-state index in [1.54, 1.807) is 6.92 Å². The predicted octanol–water partition coefficient (Wildman–Crippen LogP) is 2.79. The summed E-state index contributed by atoms with van der Waals surface area (Å²) in [6.07, 6.45) is 1.86. The van der Waals surface area contributed by atoms with Crippen LogP contribution in [0.5, 0.6) is 5.75 Å². The Hall–Kier alpha value is -2.40. The third-order valence-corrected chi connectivity index (χ3v) is 5.27. The molecule has 1 fully saturated rings. The number of aryl methyl sites for hydroxylation is 1. The maximum Gasteiger partial charge on any atom is 0.312 e. The van der Waals surface area contributed by atoms with Crippen LogP contribution in [0.1, 0.15) is 36.3 Å². The topological polar surface area (TPSA) is 59.8 Å². The number of hydrogen-bond acceptors (Lipinski definition) is 5. The highest BCUT2D eigenvalue weighted by Crippen LogP contribution is 2.45. The summed E-state index contributed by atoms with van der Waals surface area (Å²) in [5.74, 6) is 0.891. The minimum atomic E-state index is -0.414. The fourth-order valence-electron chi connectivity index (χ4n) is 3.94. The van der Waals surface area contributed by atoms with Crippen molar-refractivity contribution in [3.8, 4) is 5.75 Å². The number of rotatable bonds is 2. The molecule has 5 nitrogen and oxygen atoms in total. The molecule has 0 bridgehead atoms. The van der Waals surface area contributed by atoms with Crippen LogP contribution in [0.15, 0.2) is 45.6 Å². The van der Waals surface area contributed by atoms with Crippen molar-refractivity contribution in [2.45, 2.75) is 38.1 Å². The average molecular weight is 339 g/mol. The van der Waals surface area contributed by atoms with Gasteiger partial charge >= 0.3 is 5.97 Å². The van der Waals surface area contributed by atoms with Gasteiger partial charge < -0.3 is 9.15 Å². The van der Waals surface area contributed by atoms with Gasteiger partial charge in [-0.05, 0) is 38.4 Å². The predicted molar refractivity (Wildman–Crippen MR) is 92.6 cm³/mol. The highest BCUT2D eigenvalue weighted by Gasteiger charge is 2.47. The van der Waals surface area contributed by atoms with E-state index in [2.05, 4.69) is 17.0 Å². The van der Waals surface area contributed by atoms with Crippen LogP contribution in [0.4, 0.5) is 0 Å². The molecule has 0 saturated carbocycles. The maximum atomic E-state index is 12.2. The molecule has 0 aliphatic carbocycles. The molecule has 1 spiro atoms. The van der Waals surface area contributed by atoms with Gasteiger partial charge in [0.15, 0.2) is 5.76 Å². The summed E-state index contributed by atoms with van der Waals surface area (Å²) in [5.41, 5.74) is 0.602. The Kier molecular flexibility index (Phi) is 3.96.